The number of benzene rings is 2. The highest BCUT2D eigenvalue weighted by Gasteiger charge is 2.09. The highest BCUT2D eigenvalue weighted by Crippen LogP contribution is 2.21. The quantitative estimate of drug-likeness (QED) is 0.727. The zero-order valence-electron chi connectivity index (χ0n) is 13.0. The molecule has 0 fully saturated rings. The van der Waals surface area contributed by atoms with Gasteiger partial charge in [-0.15, -0.1) is 11.8 Å². The predicted octanol–water partition coefficient (Wildman–Crippen LogP) is 3.84. The van der Waals surface area contributed by atoms with E-state index in [1.165, 1.54) is 0 Å². The van der Waals surface area contributed by atoms with Gasteiger partial charge in [-0.1, -0.05) is 30.3 Å². The molecule has 2 aromatic rings. The summed E-state index contributed by atoms with van der Waals surface area (Å²) >= 11 is 1.55. The summed E-state index contributed by atoms with van der Waals surface area (Å²) in [5.41, 5.74) is 1.14. The third kappa shape index (κ3) is 5.11. The van der Waals surface area contributed by atoms with E-state index < -0.39 is 0 Å². The van der Waals surface area contributed by atoms with Gasteiger partial charge >= 0.3 is 0 Å². The molecule has 0 atom stereocenters. The molecule has 0 aliphatic heterocycles. The average Bonchev–Trinajstić information content (AvgIpc) is 2.55. The summed E-state index contributed by atoms with van der Waals surface area (Å²) in [6.45, 7) is 3.27. The van der Waals surface area contributed by atoms with Crippen LogP contribution in [0.4, 0.5) is 0 Å². The van der Waals surface area contributed by atoms with Crippen molar-refractivity contribution in [1.29, 1.82) is 0 Å². The first-order valence-corrected chi connectivity index (χ1v) is 8.31. The fourth-order valence-electron chi connectivity index (χ4n) is 2.00. The molecule has 0 unspecified atom stereocenters. The second-order valence-corrected chi connectivity index (χ2v) is 5.98. The normalized spacial score (nSPS) is 10.3. The summed E-state index contributed by atoms with van der Waals surface area (Å²) in [6.07, 6.45) is 0. The van der Waals surface area contributed by atoms with E-state index in [2.05, 4.69) is 0 Å². The maximum Gasteiger partial charge on any atom is 0.232 e. The predicted molar refractivity (Wildman–Crippen MR) is 91.3 cm³/mol. The highest BCUT2D eigenvalue weighted by molar-refractivity contribution is 8.00. The van der Waals surface area contributed by atoms with Crippen molar-refractivity contribution in [3.8, 4) is 5.75 Å². The van der Waals surface area contributed by atoms with Gasteiger partial charge in [0, 0.05) is 18.5 Å². The van der Waals surface area contributed by atoms with Crippen LogP contribution in [0.2, 0.25) is 0 Å². The molecular weight excluding hydrogens is 294 g/mol. The number of rotatable bonds is 7. The molecule has 0 aliphatic carbocycles. The average molecular weight is 315 g/mol. The van der Waals surface area contributed by atoms with Crippen LogP contribution in [0, 0.1) is 0 Å². The SMILES string of the molecule is CCOc1ccc(SCC(=O)N(C)Cc2ccccc2)cc1. The fraction of sp³-hybridized carbons (Fsp3) is 0.278. The number of ether oxygens (including phenoxy) is 1. The van der Waals surface area contributed by atoms with Crippen molar-refractivity contribution < 1.29 is 9.53 Å². The van der Waals surface area contributed by atoms with Gasteiger partial charge in [0.05, 0.1) is 12.4 Å². The number of carbonyl (C=O) groups is 1. The molecule has 1 amide bonds. The number of carbonyl (C=O) groups excluding carboxylic acids is 1. The summed E-state index contributed by atoms with van der Waals surface area (Å²) in [6, 6.07) is 17.9. The zero-order chi connectivity index (χ0) is 15.8. The number of hydrogen-bond acceptors (Lipinski definition) is 3. The Morgan fingerprint density at radius 1 is 1.09 bits per heavy atom. The van der Waals surface area contributed by atoms with Gasteiger partial charge in [0.2, 0.25) is 5.91 Å². The van der Waals surface area contributed by atoms with Crippen LogP contribution in [0.5, 0.6) is 5.75 Å². The molecule has 0 spiro atoms. The van der Waals surface area contributed by atoms with E-state index in [1.807, 2.05) is 68.6 Å². The Hall–Kier alpha value is -1.94. The number of hydrogen-bond donors (Lipinski definition) is 0. The molecular formula is C18H21NO2S. The second kappa shape index (κ2) is 8.49. The van der Waals surface area contributed by atoms with Crippen LogP contribution in [0.25, 0.3) is 0 Å². The van der Waals surface area contributed by atoms with Crippen LogP contribution in [-0.2, 0) is 11.3 Å². The molecule has 0 radical (unpaired) electrons. The molecule has 0 aliphatic rings. The fourth-order valence-corrected chi connectivity index (χ4v) is 2.84. The van der Waals surface area contributed by atoms with Crippen molar-refractivity contribution in [3.05, 3.63) is 60.2 Å². The van der Waals surface area contributed by atoms with E-state index in [-0.39, 0.29) is 5.91 Å². The molecule has 2 rings (SSSR count). The van der Waals surface area contributed by atoms with Crippen molar-refractivity contribution in [3.63, 3.8) is 0 Å². The smallest absolute Gasteiger partial charge is 0.232 e. The Morgan fingerprint density at radius 2 is 1.77 bits per heavy atom. The molecule has 4 heteroatoms. The molecule has 0 heterocycles. The van der Waals surface area contributed by atoms with Gasteiger partial charge in [0.15, 0.2) is 0 Å². The molecule has 0 bridgehead atoms. The van der Waals surface area contributed by atoms with Crippen LogP contribution in [0.1, 0.15) is 12.5 Å². The Kier molecular flexibility index (Phi) is 6.34. The molecule has 0 N–H and O–H groups in total. The number of amides is 1. The lowest BCUT2D eigenvalue weighted by Crippen LogP contribution is -2.27. The maximum atomic E-state index is 12.2. The lowest BCUT2D eigenvalue weighted by molar-refractivity contribution is -0.127. The summed E-state index contributed by atoms with van der Waals surface area (Å²) < 4.78 is 5.41. The molecule has 0 saturated carbocycles. The van der Waals surface area contributed by atoms with Crippen molar-refractivity contribution in [1.82, 2.24) is 4.90 Å². The first kappa shape index (κ1) is 16.4. The summed E-state index contributed by atoms with van der Waals surface area (Å²) in [4.78, 5) is 15.0. The van der Waals surface area contributed by atoms with Crippen LogP contribution in [-0.4, -0.2) is 30.2 Å². The van der Waals surface area contributed by atoms with Crippen LogP contribution < -0.4 is 4.74 Å². The Balaban J connectivity index is 1.81. The van der Waals surface area contributed by atoms with E-state index in [0.29, 0.717) is 18.9 Å². The van der Waals surface area contributed by atoms with Crippen molar-refractivity contribution in [2.24, 2.45) is 0 Å². The van der Waals surface area contributed by atoms with Gasteiger partial charge in [-0.05, 0) is 36.8 Å². The summed E-state index contributed by atoms with van der Waals surface area (Å²) in [7, 11) is 1.84. The van der Waals surface area contributed by atoms with Gasteiger partial charge in [0.25, 0.3) is 0 Å². The van der Waals surface area contributed by atoms with E-state index in [0.717, 1.165) is 16.2 Å². The van der Waals surface area contributed by atoms with Crippen molar-refractivity contribution in [2.45, 2.75) is 18.4 Å². The molecule has 0 aromatic heterocycles. The Morgan fingerprint density at radius 3 is 2.41 bits per heavy atom. The Bertz CT molecular complexity index is 584. The van der Waals surface area contributed by atoms with E-state index in [4.69, 9.17) is 4.74 Å². The topological polar surface area (TPSA) is 29.5 Å². The van der Waals surface area contributed by atoms with Crippen LogP contribution >= 0.6 is 11.8 Å². The van der Waals surface area contributed by atoms with Crippen molar-refractivity contribution >= 4 is 17.7 Å². The van der Waals surface area contributed by atoms with E-state index >= 15 is 0 Å². The standard InChI is InChI=1S/C18H21NO2S/c1-3-21-16-9-11-17(12-10-16)22-14-18(20)19(2)13-15-7-5-4-6-8-15/h4-12H,3,13-14H2,1-2H3. The second-order valence-electron chi connectivity index (χ2n) is 4.93. The lowest BCUT2D eigenvalue weighted by Gasteiger charge is -2.17. The first-order valence-electron chi connectivity index (χ1n) is 7.32. The third-order valence-electron chi connectivity index (χ3n) is 3.19. The van der Waals surface area contributed by atoms with Gasteiger partial charge in [-0.25, -0.2) is 0 Å². The molecule has 2 aromatic carbocycles. The lowest BCUT2D eigenvalue weighted by atomic mass is 10.2. The number of nitrogens with zero attached hydrogens (tertiary/aromatic N) is 1. The van der Waals surface area contributed by atoms with Crippen molar-refractivity contribution in [2.75, 3.05) is 19.4 Å². The minimum atomic E-state index is 0.128. The van der Waals surface area contributed by atoms with Crippen LogP contribution in [0.15, 0.2) is 59.5 Å². The summed E-state index contributed by atoms with van der Waals surface area (Å²) in [5.74, 6) is 1.43. The largest absolute Gasteiger partial charge is 0.494 e. The highest BCUT2D eigenvalue weighted by atomic mass is 32.2. The molecule has 116 valence electrons. The molecule has 0 saturated heterocycles. The zero-order valence-corrected chi connectivity index (χ0v) is 13.8. The van der Waals surface area contributed by atoms with Crippen LogP contribution in [0.3, 0.4) is 0 Å². The van der Waals surface area contributed by atoms with Gasteiger partial charge < -0.3 is 9.64 Å². The number of thioether (sulfide) groups is 1. The first-order chi connectivity index (χ1) is 10.7. The minimum absolute atomic E-state index is 0.128. The molecule has 3 nitrogen and oxygen atoms in total. The van der Waals surface area contributed by atoms with E-state index in [1.54, 1.807) is 16.7 Å². The summed E-state index contributed by atoms with van der Waals surface area (Å²) in [5, 5.41) is 0. The van der Waals surface area contributed by atoms with Gasteiger partial charge in [-0.2, -0.15) is 0 Å². The third-order valence-corrected chi connectivity index (χ3v) is 4.18. The monoisotopic (exact) mass is 315 g/mol. The molecule has 22 heavy (non-hydrogen) atoms. The van der Waals surface area contributed by atoms with E-state index in [9.17, 15) is 4.79 Å². The Labute approximate surface area is 136 Å². The minimum Gasteiger partial charge on any atom is -0.494 e. The van der Waals surface area contributed by atoms with Gasteiger partial charge in [-0.3, -0.25) is 4.79 Å². The maximum absolute atomic E-state index is 12.2. The van der Waals surface area contributed by atoms with Gasteiger partial charge in [0.1, 0.15) is 5.75 Å².